The Morgan fingerprint density at radius 2 is 1.95 bits per heavy atom. The van der Waals surface area contributed by atoms with Crippen LogP contribution in [0.2, 0.25) is 0 Å². The van der Waals surface area contributed by atoms with Gasteiger partial charge in [-0.2, -0.15) is 0 Å². The molecule has 0 saturated carbocycles. The van der Waals surface area contributed by atoms with Crippen LogP contribution in [0.4, 0.5) is 0 Å². The normalized spacial score (nSPS) is 23.1. The van der Waals surface area contributed by atoms with E-state index < -0.39 is 9.84 Å². The van der Waals surface area contributed by atoms with Crippen LogP contribution in [0.3, 0.4) is 0 Å². The summed E-state index contributed by atoms with van der Waals surface area (Å²) in [6.07, 6.45) is 0.813. The lowest BCUT2D eigenvalue weighted by Gasteiger charge is -2.22. The number of hydrogen-bond acceptors (Lipinski definition) is 3. The molecule has 1 aliphatic rings. The maximum Gasteiger partial charge on any atom is 0.150 e. The lowest BCUT2D eigenvalue weighted by molar-refractivity contribution is 0.435. The standard InChI is InChI=1S/C16H25NO2S/c1-13(2)16(15-6-4-3-5-7-15)11-17-10-14-8-9-20(18,19)12-14/h3-7,13-14,16-17H,8-12H2,1-2H3. The highest BCUT2D eigenvalue weighted by Crippen LogP contribution is 2.24. The summed E-state index contributed by atoms with van der Waals surface area (Å²) < 4.78 is 22.9. The Morgan fingerprint density at radius 1 is 1.25 bits per heavy atom. The second-order valence-corrected chi connectivity index (χ2v) is 8.42. The molecule has 0 aliphatic carbocycles. The van der Waals surface area contributed by atoms with E-state index in [1.54, 1.807) is 0 Å². The largest absolute Gasteiger partial charge is 0.316 e. The Labute approximate surface area is 122 Å². The van der Waals surface area contributed by atoms with Crippen molar-refractivity contribution >= 4 is 9.84 Å². The highest BCUT2D eigenvalue weighted by molar-refractivity contribution is 7.91. The maximum absolute atomic E-state index is 11.4. The van der Waals surface area contributed by atoms with Gasteiger partial charge in [-0.3, -0.25) is 0 Å². The van der Waals surface area contributed by atoms with Crippen LogP contribution in [0, 0.1) is 11.8 Å². The zero-order valence-corrected chi connectivity index (χ0v) is 13.2. The van der Waals surface area contributed by atoms with E-state index in [1.807, 2.05) is 6.07 Å². The quantitative estimate of drug-likeness (QED) is 0.877. The van der Waals surface area contributed by atoms with Crippen molar-refractivity contribution in [2.24, 2.45) is 11.8 Å². The molecule has 2 rings (SSSR count). The molecule has 2 atom stereocenters. The predicted octanol–water partition coefficient (Wildman–Crippen LogP) is 2.45. The van der Waals surface area contributed by atoms with Crippen LogP contribution in [0.5, 0.6) is 0 Å². The third-order valence-electron chi connectivity index (χ3n) is 4.16. The van der Waals surface area contributed by atoms with Crippen LogP contribution in [-0.2, 0) is 9.84 Å². The lowest BCUT2D eigenvalue weighted by Crippen LogP contribution is -2.29. The van der Waals surface area contributed by atoms with Crippen LogP contribution in [-0.4, -0.2) is 33.0 Å². The molecule has 0 amide bonds. The molecule has 2 unspecified atom stereocenters. The Hall–Kier alpha value is -0.870. The minimum Gasteiger partial charge on any atom is -0.316 e. The van der Waals surface area contributed by atoms with E-state index in [1.165, 1.54) is 5.56 Å². The molecule has 4 heteroatoms. The second-order valence-electron chi connectivity index (χ2n) is 6.19. The van der Waals surface area contributed by atoms with Crippen LogP contribution < -0.4 is 5.32 Å². The first-order chi connectivity index (χ1) is 9.48. The van der Waals surface area contributed by atoms with Gasteiger partial charge in [0.25, 0.3) is 0 Å². The molecule has 0 bridgehead atoms. The fourth-order valence-corrected chi connectivity index (χ4v) is 4.78. The Balaban J connectivity index is 1.85. The van der Waals surface area contributed by atoms with Crippen molar-refractivity contribution in [1.29, 1.82) is 0 Å². The van der Waals surface area contributed by atoms with Crippen molar-refractivity contribution in [3.63, 3.8) is 0 Å². The van der Waals surface area contributed by atoms with Gasteiger partial charge in [0, 0.05) is 6.54 Å². The smallest absolute Gasteiger partial charge is 0.150 e. The summed E-state index contributed by atoms with van der Waals surface area (Å²) >= 11 is 0. The first-order valence-electron chi connectivity index (χ1n) is 7.44. The summed E-state index contributed by atoms with van der Waals surface area (Å²) in [5.41, 5.74) is 1.36. The van der Waals surface area contributed by atoms with Gasteiger partial charge in [0.1, 0.15) is 0 Å². The highest BCUT2D eigenvalue weighted by atomic mass is 32.2. The molecule has 112 valence electrons. The Bertz CT molecular complexity index is 511. The van der Waals surface area contributed by atoms with Crippen molar-refractivity contribution in [2.75, 3.05) is 24.6 Å². The van der Waals surface area contributed by atoms with Crippen molar-refractivity contribution in [1.82, 2.24) is 5.32 Å². The monoisotopic (exact) mass is 295 g/mol. The molecule has 1 heterocycles. The second kappa shape index (κ2) is 6.72. The molecule has 0 spiro atoms. The van der Waals surface area contributed by atoms with E-state index in [9.17, 15) is 8.42 Å². The van der Waals surface area contributed by atoms with Crippen molar-refractivity contribution in [3.05, 3.63) is 35.9 Å². The van der Waals surface area contributed by atoms with Crippen LogP contribution in [0.25, 0.3) is 0 Å². The minimum absolute atomic E-state index is 0.295. The topological polar surface area (TPSA) is 46.2 Å². The number of benzene rings is 1. The summed E-state index contributed by atoms with van der Waals surface area (Å²) in [7, 11) is -2.75. The number of rotatable bonds is 6. The number of nitrogens with one attached hydrogen (secondary N) is 1. The molecule has 1 fully saturated rings. The lowest BCUT2D eigenvalue weighted by atomic mass is 9.88. The molecule has 3 nitrogen and oxygen atoms in total. The van der Waals surface area contributed by atoms with Crippen LogP contribution in [0.1, 0.15) is 31.7 Å². The first-order valence-corrected chi connectivity index (χ1v) is 9.26. The third-order valence-corrected chi connectivity index (χ3v) is 5.99. The van der Waals surface area contributed by atoms with E-state index in [4.69, 9.17) is 0 Å². The summed E-state index contributed by atoms with van der Waals surface area (Å²) in [6, 6.07) is 10.5. The minimum atomic E-state index is -2.75. The molecular weight excluding hydrogens is 270 g/mol. The van der Waals surface area contributed by atoms with E-state index in [2.05, 4.69) is 43.4 Å². The molecule has 1 saturated heterocycles. The summed E-state index contributed by atoms with van der Waals surface area (Å²) in [6.45, 7) is 6.20. The maximum atomic E-state index is 11.4. The average molecular weight is 295 g/mol. The predicted molar refractivity (Wildman–Crippen MR) is 83.7 cm³/mol. The molecular formula is C16H25NO2S. The molecule has 0 radical (unpaired) electrons. The fourth-order valence-electron chi connectivity index (χ4n) is 2.91. The number of sulfone groups is 1. The van der Waals surface area contributed by atoms with Gasteiger partial charge >= 0.3 is 0 Å². The average Bonchev–Trinajstić information content (AvgIpc) is 2.75. The van der Waals surface area contributed by atoms with E-state index in [0.717, 1.165) is 19.5 Å². The van der Waals surface area contributed by atoms with E-state index >= 15 is 0 Å². The first kappa shape index (κ1) is 15.5. The van der Waals surface area contributed by atoms with Gasteiger partial charge in [-0.1, -0.05) is 44.2 Å². The zero-order valence-electron chi connectivity index (χ0n) is 12.4. The van der Waals surface area contributed by atoms with Gasteiger partial charge in [0.2, 0.25) is 0 Å². The molecule has 20 heavy (non-hydrogen) atoms. The Kier molecular flexibility index (Phi) is 5.22. The van der Waals surface area contributed by atoms with Crippen molar-refractivity contribution in [2.45, 2.75) is 26.2 Å². The van der Waals surface area contributed by atoms with Crippen LogP contribution in [0.15, 0.2) is 30.3 Å². The SMILES string of the molecule is CC(C)C(CNCC1CCS(=O)(=O)C1)c1ccccc1. The van der Waals surface area contributed by atoms with E-state index in [-0.39, 0.29) is 0 Å². The summed E-state index contributed by atoms with van der Waals surface area (Å²) in [5, 5.41) is 3.48. The molecule has 1 aromatic carbocycles. The zero-order chi connectivity index (χ0) is 14.6. The summed E-state index contributed by atoms with van der Waals surface area (Å²) in [5.74, 6) is 2.07. The van der Waals surface area contributed by atoms with Crippen LogP contribution >= 0.6 is 0 Å². The van der Waals surface area contributed by atoms with Gasteiger partial charge in [0.05, 0.1) is 11.5 Å². The van der Waals surface area contributed by atoms with Crippen molar-refractivity contribution in [3.8, 4) is 0 Å². The Morgan fingerprint density at radius 3 is 2.50 bits per heavy atom. The summed E-state index contributed by atoms with van der Waals surface area (Å²) in [4.78, 5) is 0. The van der Waals surface area contributed by atoms with Gasteiger partial charge in [-0.15, -0.1) is 0 Å². The van der Waals surface area contributed by atoms with E-state index in [0.29, 0.717) is 29.3 Å². The molecule has 1 aromatic rings. The van der Waals surface area contributed by atoms with Gasteiger partial charge in [-0.25, -0.2) is 8.42 Å². The van der Waals surface area contributed by atoms with Gasteiger partial charge < -0.3 is 5.32 Å². The molecule has 1 aliphatic heterocycles. The molecule has 0 aromatic heterocycles. The highest BCUT2D eigenvalue weighted by Gasteiger charge is 2.27. The van der Waals surface area contributed by atoms with Gasteiger partial charge in [-0.05, 0) is 36.3 Å². The molecule has 1 N–H and O–H groups in total. The van der Waals surface area contributed by atoms with Gasteiger partial charge in [0.15, 0.2) is 9.84 Å². The third kappa shape index (κ3) is 4.32. The number of hydrogen-bond donors (Lipinski definition) is 1. The van der Waals surface area contributed by atoms with Crippen molar-refractivity contribution < 1.29 is 8.42 Å². The fraction of sp³-hybridized carbons (Fsp3) is 0.625.